The summed E-state index contributed by atoms with van der Waals surface area (Å²) in [4.78, 5) is 15.0. The Morgan fingerprint density at radius 1 is 1.29 bits per heavy atom. The molecular weight excluding hydrogens is 238 g/mol. The number of hydrogen-bond acceptors (Lipinski definition) is 3. The molecule has 0 saturated heterocycles. The molecule has 0 aliphatic heterocycles. The number of hydrogen-bond donors (Lipinski definition) is 0. The molecule has 0 atom stereocenters. The highest BCUT2D eigenvalue weighted by Crippen LogP contribution is 2.26. The van der Waals surface area contributed by atoms with Crippen LogP contribution in [-0.2, 0) is 4.79 Å². The SMILES string of the molecule is COc1ccc([C]=O)c(-c2cccc(Cl)n2)c1. The van der Waals surface area contributed by atoms with Crippen molar-refractivity contribution in [3.8, 4) is 17.0 Å². The number of ether oxygens (including phenoxy) is 1. The van der Waals surface area contributed by atoms with E-state index in [2.05, 4.69) is 4.98 Å². The lowest BCUT2D eigenvalue weighted by Crippen LogP contribution is -1.92. The van der Waals surface area contributed by atoms with Gasteiger partial charge in [-0.1, -0.05) is 17.7 Å². The molecule has 0 unspecified atom stereocenters. The molecule has 4 heteroatoms. The predicted molar refractivity (Wildman–Crippen MR) is 66.0 cm³/mol. The lowest BCUT2D eigenvalue weighted by Gasteiger charge is -2.06. The summed E-state index contributed by atoms with van der Waals surface area (Å²) in [7, 11) is 1.56. The lowest BCUT2D eigenvalue weighted by atomic mass is 10.0. The quantitative estimate of drug-likeness (QED) is 0.782. The molecule has 17 heavy (non-hydrogen) atoms. The van der Waals surface area contributed by atoms with E-state index in [4.69, 9.17) is 16.3 Å². The van der Waals surface area contributed by atoms with Gasteiger partial charge in [0.15, 0.2) is 0 Å². The topological polar surface area (TPSA) is 39.2 Å². The Morgan fingerprint density at radius 3 is 2.76 bits per heavy atom. The van der Waals surface area contributed by atoms with Crippen molar-refractivity contribution in [1.82, 2.24) is 4.98 Å². The van der Waals surface area contributed by atoms with Crippen LogP contribution in [0, 0.1) is 0 Å². The minimum absolute atomic E-state index is 0.377. The van der Waals surface area contributed by atoms with Crippen LogP contribution in [0.3, 0.4) is 0 Å². The molecule has 0 spiro atoms. The van der Waals surface area contributed by atoms with E-state index in [9.17, 15) is 4.79 Å². The number of aromatic nitrogens is 1. The summed E-state index contributed by atoms with van der Waals surface area (Å²) < 4.78 is 5.12. The molecule has 2 rings (SSSR count). The number of rotatable bonds is 3. The minimum atomic E-state index is 0.377. The molecule has 1 radical (unpaired) electrons. The van der Waals surface area contributed by atoms with Crippen molar-refractivity contribution in [2.75, 3.05) is 7.11 Å². The van der Waals surface area contributed by atoms with E-state index in [1.54, 1.807) is 43.5 Å². The third kappa shape index (κ3) is 2.45. The van der Waals surface area contributed by atoms with Crippen LogP contribution in [-0.4, -0.2) is 18.4 Å². The summed E-state index contributed by atoms with van der Waals surface area (Å²) in [5, 5.41) is 0.377. The average molecular weight is 247 g/mol. The summed E-state index contributed by atoms with van der Waals surface area (Å²) in [6, 6.07) is 10.3. The largest absolute Gasteiger partial charge is 0.497 e. The molecule has 1 aromatic carbocycles. The van der Waals surface area contributed by atoms with E-state index >= 15 is 0 Å². The highest BCUT2D eigenvalue weighted by atomic mass is 35.5. The average Bonchev–Trinajstić information content (AvgIpc) is 2.38. The zero-order valence-electron chi connectivity index (χ0n) is 9.11. The molecular formula is C13H9ClNO2. The minimum Gasteiger partial charge on any atom is -0.497 e. The Balaban J connectivity index is 2.59. The molecule has 85 valence electrons. The fraction of sp³-hybridized carbons (Fsp3) is 0.0769. The van der Waals surface area contributed by atoms with Crippen molar-refractivity contribution in [1.29, 1.82) is 0 Å². The van der Waals surface area contributed by atoms with Gasteiger partial charge in [0.25, 0.3) is 0 Å². The maximum absolute atomic E-state index is 10.9. The van der Waals surface area contributed by atoms with Crippen LogP contribution in [0.5, 0.6) is 5.75 Å². The highest BCUT2D eigenvalue weighted by Gasteiger charge is 2.08. The number of halogens is 1. The van der Waals surface area contributed by atoms with Gasteiger partial charge >= 0.3 is 0 Å². The molecule has 0 aliphatic rings. The monoisotopic (exact) mass is 246 g/mol. The van der Waals surface area contributed by atoms with Crippen LogP contribution in [0.4, 0.5) is 0 Å². The maximum Gasteiger partial charge on any atom is 0.234 e. The Bertz CT molecular complexity index is 555. The third-order valence-corrected chi connectivity index (χ3v) is 2.54. The van der Waals surface area contributed by atoms with Crippen LogP contribution in [0.15, 0.2) is 36.4 Å². The summed E-state index contributed by atoms with van der Waals surface area (Å²) in [5.74, 6) is 0.653. The van der Waals surface area contributed by atoms with Gasteiger partial charge in [-0.05, 0) is 30.3 Å². The fourth-order valence-corrected chi connectivity index (χ4v) is 1.67. The molecule has 0 saturated carbocycles. The first-order valence-corrected chi connectivity index (χ1v) is 5.31. The fourth-order valence-electron chi connectivity index (χ4n) is 1.51. The normalized spacial score (nSPS) is 10.0. The molecule has 1 heterocycles. The molecule has 3 nitrogen and oxygen atoms in total. The van der Waals surface area contributed by atoms with Crippen molar-refractivity contribution in [3.63, 3.8) is 0 Å². The standard InChI is InChI=1S/C13H9ClNO2/c1-17-10-6-5-9(8-16)11(7-10)12-3-2-4-13(14)15-12/h2-7H,1H3. The number of methoxy groups -OCH3 is 1. The predicted octanol–water partition coefficient (Wildman–Crippen LogP) is 2.87. The van der Waals surface area contributed by atoms with Gasteiger partial charge in [0.2, 0.25) is 6.29 Å². The van der Waals surface area contributed by atoms with E-state index < -0.39 is 0 Å². The summed E-state index contributed by atoms with van der Waals surface area (Å²) in [5.41, 5.74) is 1.71. The summed E-state index contributed by atoms with van der Waals surface area (Å²) >= 11 is 5.82. The lowest BCUT2D eigenvalue weighted by molar-refractivity contribution is 0.415. The van der Waals surface area contributed by atoms with Gasteiger partial charge in [-0.2, -0.15) is 0 Å². The molecule has 0 bridgehead atoms. The van der Waals surface area contributed by atoms with Crippen molar-refractivity contribution < 1.29 is 9.53 Å². The number of pyridine rings is 1. The number of benzene rings is 1. The second-order valence-corrected chi connectivity index (χ2v) is 3.75. The van der Waals surface area contributed by atoms with E-state index in [1.165, 1.54) is 0 Å². The van der Waals surface area contributed by atoms with Crippen molar-refractivity contribution in [3.05, 3.63) is 47.1 Å². The molecule has 1 aromatic heterocycles. The second-order valence-electron chi connectivity index (χ2n) is 3.36. The Kier molecular flexibility index (Phi) is 3.40. The van der Waals surface area contributed by atoms with Gasteiger partial charge in [-0.15, -0.1) is 0 Å². The van der Waals surface area contributed by atoms with Crippen LogP contribution in [0.25, 0.3) is 11.3 Å². The van der Waals surface area contributed by atoms with E-state index in [0.29, 0.717) is 27.7 Å². The van der Waals surface area contributed by atoms with E-state index in [0.717, 1.165) is 0 Å². The van der Waals surface area contributed by atoms with Gasteiger partial charge < -0.3 is 4.74 Å². The molecule has 0 fully saturated rings. The Labute approximate surface area is 104 Å². The van der Waals surface area contributed by atoms with E-state index in [-0.39, 0.29) is 0 Å². The zero-order chi connectivity index (χ0) is 12.3. The third-order valence-electron chi connectivity index (χ3n) is 2.33. The highest BCUT2D eigenvalue weighted by molar-refractivity contribution is 6.29. The second kappa shape index (κ2) is 4.97. The Hall–Kier alpha value is -1.87. The first-order valence-electron chi connectivity index (χ1n) is 4.93. The van der Waals surface area contributed by atoms with Gasteiger partial charge in [0.05, 0.1) is 12.8 Å². The van der Waals surface area contributed by atoms with Crippen LogP contribution >= 0.6 is 11.6 Å². The maximum atomic E-state index is 10.9. The van der Waals surface area contributed by atoms with Crippen molar-refractivity contribution in [2.24, 2.45) is 0 Å². The summed E-state index contributed by atoms with van der Waals surface area (Å²) in [6.45, 7) is 0. The molecule has 2 aromatic rings. The Morgan fingerprint density at radius 2 is 2.12 bits per heavy atom. The van der Waals surface area contributed by atoms with Crippen LogP contribution < -0.4 is 4.74 Å². The van der Waals surface area contributed by atoms with Gasteiger partial charge in [-0.25, -0.2) is 4.98 Å². The van der Waals surface area contributed by atoms with E-state index in [1.807, 2.05) is 6.29 Å². The summed E-state index contributed by atoms with van der Waals surface area (Å²) in [6.07, 6.45) is 1.88. The number of carbonyl (C=O) groups excluding carboxylic acids is 1. The van der Waals surface area contributed by atoms with Gasteiger partial charge in [-0.3, -0.25) is 4.79 Å². The van der Waals surface area contributed by atoms with Gasteiger partial charge in [0.1, 0.15) is 10.9 Å². The van der Waals surface area contributed by atoms with Crippen molar-refractivity contribution >= 4 is 17.9 Å². The first-order chi connectivity index (χ1) is 8.24. The molecule has 0 amide bonds. The molecule has 0 N–H and O–H groups in total. The van der Waals surface area contributed by atoms with Gasteiger partial charge in [0, 0.05) is 11.1 Å². The van der Waals surface area contributed by atoms with Crippen molar-refractivity contribution in [2.45, 2.75) is 0 Å². The first kappa shape index (κ1) is 11.6. The van der Waals surface area contributed by atoms with Crippen LogP contribution in [0.2, 0.25) is 5.15 Å². The number of nitrogens with zero attached hydrogens (tertiary/aromatic N) is 1. The molecule has 0 aliphatic carbocycles. The smallest absolute Gasteiger partial charge is 0.234 e. The zero-order valence-corrected chi connectivity index (χ0v) is 9.86. The van der Waals surface area contributed by atoms with Crippen LogP contribution in [0.1, 0.15) is 5.56 Å².